The zero-order valence-electron chi connectivity index (χ0n) is 11.8. The van der Waals surface area contributed by atoms with Crippen molar-refractivity contribution >= 4 is 11.9 Å². The minimum Gasteiger partial charge on any atom is -0.477 e. The normalized spacial score (nSPS) is 22.5. The molecule has 0 aromatic rings. The van der Waals surface area contributed by atoms with Crippen LogP contribution in [0.15, 0.2) is 11.8 Å². The molecule has 0 aliphatic heterocycles. The van der Waals surface area contributed by atoms with E-state index in [0.717, 1.165) is 6.42 Å². The van der Waals surface area contributed by atoms with Crippen molar-refractivity contribution in [2.45, 2.75) is 47.5 Å². The van der Waals surface area contributed by atoms with Crippen LogP contribution in [0.1, 0.15) is 47.5 Å². The Kier molecular flexibility index (Phi) is 3.89. The molecule has 1 rings (SSSR count). The van der Waals surface area contributed by atoms with Crippen molar-refractivity contribution in [3.63, 3.8) is 0 Å². The number of allylic oxidation sites excluding steroid dienone is 1. The van der Waals surface area contributed by atoms with Crippen LogP contribution in [0.25, 0.3) is 0 Å². The van der Waals surface area contributed by atoms with Crippen molar-refractivity contribution < 1.29 is 14.7 Å². The Balaban J connectivity index is 2.65. The maximum atomic E-state index is 11.8. The number of nitrogens with one attached hydrogen (secondary N) is 1. The lowest BCUT2D eigenvalue weighted by molar-refractivity contribution is -0.135. The zero-order valence-corrected chi connectivity index (χ0v) is 11.8. The van der Waals surface area contributed by atoms with E-state index in [9.17, 15) is 9.59 Å². The number of carboxylic acid groups (broad SMARTS) is 1. The Bertz CT molecular complexity index is 388. The van der Waals surface area contributed by atoms with Gasteiger partial charge in [-0.15, -0.1) is 0 Å². The third kappa shape index (κ3) is 4.17. The first-order valence-corrected chi connectivity index (χ1v) is 6.27. The summed E-state index contributed by atoms with van der Waals surface area (Å²) in [7, 11) is 0. The van der Waals surface area contributed by atoms with Gasteiger partial charge in [-0.25, -0.2) is 4.79 Å². The van der Waals surface area contributed by atoms with Gasteiger partial charge in [-0.3, -0.25) is 4.79 Å². The molecule has 0 radical (unpaired) electrons. The molecular weight excluding hydrogens is 230 g/mol. The number of amides is 1. The minimum atomic E-state index is -1.08. The van der Waals surface area contributed by atoms with Crippen molar-refractivity contribution in [1.29, 1.82) is 0 Å². The first-order valence-electron chi connectivity index (χ1n) is 6.27. The highest BCUT2D eigenvalue weighted by atomic mass is 16.4. The SMILES string of the molecule is CC(C)(C)C/C=C(\NC(=O)C1CC1(C)C)C(=O)O. The van der Waals surface area contributed by atoms with Crippen LogP contribution in [-0.2, 0) is 9.59 Å². The van der Waals surface area contributed by atoms with Gasteiger partial charge in [-0.2, -0.15) is 0 Å². The summed E-state index contributed by atoms with van der Waals surface area (Å²) in [5.41, 5.74) is 0.0137. The fourth-order valence-electron chi connectivity index (χ4n) is 1.73. The number of carbonyl (C=O) groups excluding carboxylic acids is 1. The molecule has 0 aromatic heterocycles. The standard InChI is InChI=1S/C14H23NO3/c1-13(2,3)7-6-10(12(17)18)15-11(16)9-8-14(9,4)5/h6,9H,7-8H2,1-5H3,(H,15,16)(H,17,18)/b10-6-. The fourth-order valence-corrected chi connectivity index (χ4v) is 1.73. The van der Waals surface area contributed by atoms with E-state index in [1.807, 2.05) is 34.6 Å². The van der Waals surface area contributed by atoms with Gasteiger partial charge >= 0.3 is 5.97 Å². The van der Waals surface area contributed by atoms with Crippen LogP contribution in [0.4, 0.5) is 0 Å². The van der Waals surface area contributed by atoms with Crippen molar-refractivity contribution in [2.75, 3.05) is 0 Å². The maximum absolute atomic E-state index is 11.8. The molecule has 1 atom stereocenters. The van der Waals surface area contributed by atoms with Gasteiger partial charge in [0.1, 0.15) is 5.70 Å². The number of rotatable bonds is 4. The average Bonchev–Trinajstić information content (AvgIpc) is 2.80. The quantitative estimate of drug-likeness (QED) is 0.757. The number of hydrogen-bond acceptors (Lipinski definition) is 2. The smallest absolute Gasteiger partial charge is 0.352 e. The summed E-state index contributed by atoms with van der Waals surface area (Å²) in [6.45, 7) is 10.1. The summed E-state index contributed by atoms with van der Waals surface area (Å²) < 4.78 is 0. The highest BCUT2D eigenvalue weighted by molar-refractivity contribution is 5.94. The average molecular weight is 253 g/mol. The van der Waals surface area contributed by atoms with Gasteiger partial charge in [0.2, 0.25) is 5.91 Å². The van der Waals surface area contributed by atoms with Gasteiger partial charge in [0.25, 0.3) is 0 Å². The summed E-state index contributed by atoms with van der Waals surface area (Å²) in [5.74, 6) is -1.32. The number of hydrogen-bond donors (Lipinski definition) is 2. The molecule has 102 valence electrons. The van der Waals surface area contributed by atoms with Crippen LogP contribution in [0.5, 0.6) is 0 Å². The summed E-state index contributed by atoms with van der Waals surface area (Å²) in [6, 6.07) is 0. The van der Waals surface area contributed by atoms with E-state index in [0.29, 0.717) is 6.42 Å². The molecule has 4 heteroatoms. The molecule has 1 fully saturated rings. The predicted molar refractivity (Wildman–Crippen MR) is 69.8 cm³/mol. The van der Waals surface area contributed by atoms with Crippen LogP contribution in [0.2, 0.25) is 0 Å². The van der Waals surface area contributed by atoms with Crippen molar-refractivity contribution in [2.24, 2.45) is 16.7 Å². The van der Waals surface area contributed by atoms with Gasteiger partial charge in [-0.05, 0) is 23.7 Å². The summed E-state index contributed by atoms with van der Waals surface area (Å²) >= 11 is 0. The van der Waals surface area contributed by atoms with Crippen LogP contribution in [0, 0.1) is 16.7 Å². The van der Waals surface area contributed by atoms with E-state index in [-0.39, 0.29) is 28.4 Å². The maximum Gasteiger partial charge on any atom is 0.352 e. The van der Waals surface area contributed by atoms with Crippen molar-refractivity contribution in [3.05, 3.63) is 11.8 Å². The lowest BCUT2D eigenvalue weighted by Gasteiger charge is -2.16. The molecule has 1 amide bonds. The number of carboxylic acids is 1. The Morgan fingerprint density at radius 1 is 1.39 bits per heavy atom. The zero-order chi connectivity index (χ0) is 14.1. The largest absolute Gasteiger partial charge is 0.477 e. The van der Waals surface area contributed by atoms with Gasteiger partial charge in [0.05, 0.1) is 0 Å². The van der Waals surface area contributed by atoms with E-state index in [2.05, 4.69) is 5.32 Å². The van der Waals surface area contributed by atoms with E-state index < -0.39 is 5.97 Å². The molecular formula is C14H23NO3. The first kappa shape index (κ1) is 14.7. The third-order valence-electron chi connectivity index (χ3n) is 3.24. The van der Waals surface area contributed by atoms with Gasteiger partial charge in [-0.1, -0.05) is 40.7 Å². The van der Waals surface area contributed by atoms with E-state index in [4.69, 9.17) is 5.11 Å². The molecule has 18 heavy (non-hydrogen) atoms. The molecule has 0 aromatic carbocycles. The lowest BCUT2D eigenvalue weighted by atomic mass is 9.92. The Labute approximate surface area is 108 Å². The Morgan fingerprint density at radius 3 is 2.22 bits per heavy atom. The van der Waals surface area contributed by atoms with Crippen molar-refractivity contribution in [3.8, 4) is 0 Å². The Hall–Kier alpha value is -1.32. The third-order valence-corrected chi connectivity index (χ3v) is 3.24. The van der Waals surface area contributed by atoms with Crippen LogP contribution in [-0.4, -0.2) is 17.0 Å². The van der Waals surface area contributed by atoms with Crippen LogP contribution < -0.4 is 5.32 Å². The van der Waals surface area contributed by atoms with Gasteiger partial charge < -0.3 is 10.4 Å². The lowest BCUT2D eigenvalue weighted by Crippen LogP contribution is -2.30. The van der Waals surface area contributed by atoms with E-state index >= 15 is 0 Å². The molecule has 0 saturated heterocycles. The summed E-state index contributed by atoms with van der Waals surface area (Å²) in [6.07, 6.45) is 3.03. The van der Waals surface area contributed by atoms with E-state index in [1.165, 1.54) is 0 Å². The highest BCUT2D eigenvalue weighted by Gasteiger charge is 2.50. The molecule has 2 N–H and O–H groups in total. The predicted octanol–water partition coefficient (Wildman–Crippen LogP) is 2.55. The minimum absolute atomic E-state index is 0.00220. The Morgan fingerprint density at radius 2 is 1.89 bits per heavy atom. The number of carbonyl (C=O) groups is 2. The molecule has 1 saturated carbocycles. The van der Waals surface area contributed by atoms with Gasteiger partial charge in [0, 0.05) is 5.92 Å². The molecule has 4 nitrogen and oxygen atoms in total. The fraction of sp³-hybridized carbons (Fsp3) is 0.714. The topological polar surface area (TPSA) is 66.4 Å². The molecule has 0 bridgehead atoms. The summed E-state index contributed by atoms with van der Waals surface area (Å²) in [4.78, 5) is 22.9. The van der Waals surface area contributed by atoms with Crippen LogP contribution in [0.3, 0.4) is 0 Å². The van der Waals surface area contributed by atoms with E-state index in [1.54, 1.807) is 6.08 Å². The highest BCUT2D eigenvalue weighted by Crippen LogP contribution is 2.51. The van der Waals surface area contributed by atoms with Gasteiger partial charge in [0.15, 0.2) is 0 Å². The molecule has 0 heterocycles. The first-order chi connectivity index (χ1) is 8.03. The molecule has 1 aliphatic rings. The second-order valence-corrected chi connectivity index (χ2v) is 6.92. The van der Waals surface area contributed by atoms with Crippen LogP contribution >= 0.6 is 0 Å². The summed E-state index contributed by atoms with van der Waals surface area (Å²) in [5, 5.41) is 11.6. The monoisotopic (exact) mass is 253 g/mol. The molecule has 0 spiro atoms. The number of aliphatic carboxylic acids is 1. The molecule has 1 unspecified atom stereocenters. The van der Waals surface area contributed by atoms with Crippen molar-refractivity contribution in [1.82, 2.24) is 5.32 Å². The molecule has 1 aliphatic carbocycles. The second kappa shape index (κ2) is 4.75. The second-order valence-electron chi connectivity index (χ2n) is 6.92.